The number of hydrogen-bond donors (Lipinski definition) is 0. The molecule has 0 atom stereocenters. The lowest BCUT2D eigenvalue weighted by Crippen LogP contribution is -2.35. The molecular weight excluding hydrogens is 334 g/mol. The fraction of sp³-hybridized carbons (Fsp3) is 0.105. The summed E-state index contributed by atoms with van der Waals surface area (Å²) in [4.78, 5) is 31.5. The highest BCUT2D eigenvalue weighted by atomic mass is 16.3. The van der Waals surface area contributed by atoms with Crippen LogP contribution in [0.4, 0.5) is 0 Å². The molecule has 0 radical (unpaired) electrons. The first kappa shape index (κ1) is 15.9. The van der Waals surface area contributed by atoms with Gasteiger partial charge in [0.1, 0.15) is 22.7 Å². The maximum Gasteiger partial charge on any atom is 0.270 e. The molecule has 4 aromatic rings. The van der Waals surface area contributed by atoms with Crippen LogP contribution in [0.25, 0.3) is 5.65 Å². The Kier molecular flexibility index (Phi) is 4.10. The molecule has 0 unspecified atom stereocenters. The minimum atomic E-state index is -0.437. The van der Waals surface area contributed by atoms with E-state index in [0.29, 0.717) is 17.2 Å². The minimum Gasteiger partial charge on any atom is -0.467 e. The van der Waals surface area contributed by atoms with Gasteiger partial charge in [0.25, 0.3) is 11.5 Å². The number of nitrogens with zero attached hydrogens (tertiary/aromatic N) is 3. The zero-order chi connectivity index (χ0) is 17.9. The Balaban J connectivity index is 1.71. The Hall–Kier alpha value is -3.61. The van der Waals surface area contributed by atoms with Gasteiger partial charge < -0.3 is 13.7 Å². The lowest BCUT2D eigenvalue weighted by molar-refractivity contribution is 0.0702. The van der Waals surface area contributed by atoms with Crippen LogP contribution in [0.15, 0.2) is 81.0 Å². The molecule has 7 heteroatoms. The second-order valence-electron chi connectivity index (χ2n) is 5.73. The van der Waals surface area contributed by atoms with Crippen LogP contribution in [0.1, 0.15) is 21.9 Å². The van der Waals surface area contributed by atoms with Crippen LogP contribution in [0.2, 0.25) is 0 Å². The molecule has 1 amide bonds. The summed E-state index contributed by atoms with van der Waals surface area (Å²) < 4.78 is 12.0. The first-order valence-corrected chi connectivity index (χ1v) is 8.03. The number of carbonyl (C=O) groups excluding carboxylic acids is 1. The van der Waals surface area contributed by atoms with E-state index in [-0.39, 0.29) is 18.7 Å². The molecule has 7 nitrogen and oxygen atoms in total. The van der Waals surface area contributed by atoms with Crippen LogP contribution in [-0.4, -0.2) is 20.2 Å². The Bertz CT molecular complexity index is 1050. The van der Waals surface area contributed by atoms with E-state index in [9.17, 15) is 9.59 Å². The molecule has 0 N–H and O–H groups in total. The van der Waals surface area contributed by atoms with Gasteiger partial charge in [-0.3, -0.25) is 14.0 Å². The molecule has 4 aromatic heterocycles. The molecule has 0 aliphatic carbocycles. The average Bonchev–Trinajstić information content (AvgIpc) is 3.35. The summed E-state index contributed by atoms with van der Waals surface area (Å²) in [5.74, 6) is 0.783. The number of amides is 1. The van der Waals surface area contributed by atoms with E-state index in [0.717, 1.165) is 0 Å². The summed E-state index contributed by atoms with van der Waals surface area (Å²) in [6.07, 6.45) is 5.98. The SMILES string of the molecule is O=C(c1cnc2ccccn2c1=O)N(Cc1ccco1)Cc1ccco1. The van der Waals surface area contributed by atoms with E-state index in [2.05, 4.69) is 4.98 Å². The van der Waals surface area contributed by atoms with Gasteiger partial charge in [0, 0.05) is 12.4 Å². The largest absolute Gasteiger partial charge is 0.467 e. The number of fused-ring (bicyclic) bond motifs is 1. The Labute approximate surface area is 148 Å². The number of hydrogen-bond acceptors (Lipinski definition) is 5. The third-order valence-corrected chi connectivity index (χ3v) is 3.98. The lowest BCUT2D eigenvalue weighted by atomic mass is 10.2. The standard InChI is InChI=1S/C19H15N3O4/c23-18(16-11-20-17-7-1-2-8-22(17)19(16)24)21(12-14-5-3-9-25-14)13-15-6-4-10-26-15/h1-11H,12-13H2. The van der Waals surface area contributed by atoms with E-state index in [1.165, 1.54) is 28.0 Å². The predicted molar refractivity (Wildman–Crippen MR) is 92.5 cm³/mol. The first-order valence-electron chi connectivity index (χ1n) is 8.03. The molecule has 4 rings (SSSR count). The summed E-state index contributed by atoms with van der Waals surface area (Å²) in [7, 11) is 0. The maximum absolute atomic E-state index is 13.1. The molecule has 0 saturated carbocycles. The smallest absolute Gasteiger partial charge is 0.270 e. The third kappa shape index (κ3) is 3.02. The van der Waals surface area contributed by atoms with Crippen molar-refractivity contribution in [2.45, 2.75) is 13.1 Å². The third-order valence-electron chi connectivity index (χ3n) is 3.98. The van der Waals surface area contributed by atoms with E-state index in [4.69, 9.17) is 8.83 Å². The molecule has 0 aliphatic rings. The second-order valence-corrected chi connectivity index (χ2v) is 5.73. The van der Waals surface area contributed by atoms with Crippen LogP contribution >= 0.6 is 0 Å². The number of carbonyl (C=O) groups is 1. The zero-order valence-electron chi connectivity index (χ0n) is 13.7. The molecule has 0 aromatic carbocycles. The van der Waals surface area contributed by atoms with Crippen molar-refractivity contribution in [3.05, 3.63) is 94.8 Å². The number of pyridine rings is 1. The van der Waals surface area contributed by atoms with Crippen LogP contribution < -0.4 is 5.56 Å². The number of aromatic nitrogens is 2. The van der Waals surface area contributed by atoms with Gasteiger partial charge in [-0.25, -0.2) is 4.98 Å². The average molecular weight is 349 g/mol. The highest BCUT2D eigenvalue weighted by Gasteiger charge is 2.22. The van der Waals surface area contributed by atoms with Crippen molar-refractivity contribution in [2.75, 3.05) is 0 Å². The fourth-order valence-electron chi connectivity index (χ4n) is 2.72. The van der Waals surface area contributed by atoms with Gasteiger partial charge in [-0.15, -0.1) is 0 Å². The fourth-order valence-corrected chi connectivity index (χ4v) is 2.72. The summed E-state index contributed by atoms with van der Waals surface area (Å²) in [6, 6.07) is 12.2. The van der Waals surface area contributed by atoms with Crippen molar-refractivity contribution in [3.63, 3.8) is 0 Å². The van der Waals surface area contributed by atoms with Gasteiger partial charge in [-0.1, -0.05) is 6.07 Å². The molecule has 4 heterocycles. The molecule has 0 spiro atoms. The van der Waals surface area contributed by atoms with Gasteiger partial charge in [0.15, 0.2) is 0 Å². The molecule has 0 bridgehead atoms. The molecule has 0 aliphatic heterocycles. The highest BCUT2D eigenvalue weighted by molar-refractivity contribution is 5.93. The summed E-state index contributed by atoms with van der Waals surface area (Å²) >= 11 is 0. The van der Waals surface area contributed by atoms with E-state index in [1.54, 1.807) is 48.7 Å². The molecule has 26 heavy (non-hydrogen) atoms. The van der Waals surface area contributed by atoms with Crippen molar-refractivity contribution in [1.82, 2.24) is 14.3 Å². The van der Waals surface area contributed by atoms with Crippen LogP contribution in [0.5, 0.6) is 0 Å². The number of furan rings is 2. The number of rotatable bonds is 5. The van der Waals surface area contributed by atoms with Gasteiger partial charge in [0.2, 0.25) is 0 Å². The monoisotopic (exact) mass is 349 g/mol. The van der Waals surface area contributed by atoms with Crippen molar-refractivity contribution in [1.29, 1.82) is 0 Å². The summed E-state index contributed by atoms with van der Waals surface area (Å²) in [5, 5.41) is 0. The van der Waals surface area contributed by atoms with Crippen molar-refractivity contribution < 1.29 is 13.6 Å². The minimum absolute atomic E-state index is 0.00758. The quantitative estimate of drug-likeness (QED) is 0.553. The van der Waals surface area contributed by atoms with Crippen molar-refractivity contribution in [2.24, 2.45) is 0 Å². The summed E-state index contributed by atoms with van der Waals surface area (Å²) in [6.45, 7) is 0.424. The van der Waals surface area contributed by atoms with E-state index in [1.807, 2.05) is 0 Å². The Morgan fingerprint density at radius 2 is 1.69 bits per heavy atom. The zero-order valence-corrected chi connectivity index (χ0v) is 13.7. The topological polar surface area (TPSA) is 81.0 Å². The highest BCUT2D eigenvalue weighted by Crippen LogP contribution is 2.14. The first-order chi connectivity index (χ1) is 12.7. The Morgan fingerprint density at radius 3 is 2.31 bits per heavy atom. The van der Waals surface area contributed by atoms with Crippen LogP contribution in [0.3, 0.4) is 0 Å². The van der Waals surface area contributed by atoms with Gasteiger partial charge in [-0.05, 0) is 36.4 Å². The van der Waals surface area contributed by atoms with Crippen LogP contribution in [-0.2, 0) is 13.1 Å². The second kappa shape index (κ2) is 6.72. The van der Waals surface area contributed by atoms with E-state index >= 15 is 0 Å². The molecule has 0 fully saturated rings. The van der Waals surface area contributed by atoms with Crippen molar-refractivity contribution >= 4 is 11.6 Å². The van der Waals surface area contributed by atoms with Crippen LogP contribution in [0, 0.1) is 0 Å². The maximum atomic E-state index is 13.1. The van der Waals surface area contributed by atoms with Gasteiger partial charge in [0.05, 0.1) is 25.6 Å². The van der Waals surface area contributed by atoms with Gasteiger partial charge in [-0.2, -0.15) is 0 Å². The summed E-state index contributed by atoms with van der Waals surface area (Å²) in [5.41, 5.74) is 0.0639. The predicted octanol–water partition coefficient (Wildman–Crippen LogP) is 2.72. The molecule has 130 valence electrons. The molecular formula is C19H15N3O4. The molecule has 0 saturated heterocycles. The normalized spacial score (nSPS) is 10.9. The van der Waals surface area contributed by atoms with Crippen molar-refractivity contribution in [3.8, 4) is 0 Å². The Morgan fingerprint density at radius 1 is 1.00 bits per heavy atom. The lowest BCUT2D eigenvalue weighted by Gasteiger charge is -2.20. The van der Waals surface area contributed by atoms with E-state index < -0.39 is 11.5 Å². The van der Waals surface area contributed by atoms with Gasteiger partial charge >= 0.3 is 0 Å².